The summed E-state index contributed by atoms with van der Waals surface area (Å²) in [7, 11) is 0. The van der Waals surface area contributed by atoms with Crippen LogP contribution in [0.1, 0.15) is 37.7 Å². The number of thioether (sulfide) groups is 1. The van der Waals surface area contributed by atoms with Crippen molar-refractivity contribution >= 4 is 28.7 Å². The molecule has 0 fully saturated rings. The number of para-hydroxylation sites is 2. The molecule has 2 aromatic carbocycles. The Kier molecular flexibility index (Phi) is 5.99. The molecular formula is C21H25N3OS. The van der Waals surface area contributed by atoms with Crippen LogP contribution in [-0.2, 0) is 4.79 Å². The van der Waals surface area contributed by atoms with E-state index in [1.165, 1.54) is 5.56 Å². The Bertz CT molecular complexity index is 857. The second kappa shape index (κ2) is 8.41. The zero-order valence-electron chi connectivity index (χ0n) is 15.5. The summed E-state index contributed by atoms with van der Waals surface area (Å²) in [5, 5.41) is 3.18. The number of aromatic amines is 1. The van der Waals surface area contributed by atoms with Gasteiger partial charge in [-0.1, -0.05) is 50.6 Å². The number of amides is 1. The molecule has 5 heteroatoms. The molecule has 0 aliphatic carbocycles. The Balaban J connectivity index is 1.72. The van der Waals surface area contributed by atoms with E-state index in [0.29, 0.717) is 11.7 Å². The molecule has 0 radical (unpaired) electrons. The summed E-state index contributed by atoms with van der Waals surface area (Å²) in [6.07, 6.45) is 0.965. The number of nitrogens with zero attached hydrogens (tertiary/aromatic N) is 1. The Hall–Kier alpha value is -2.27. The van der Waals surface area contributed by atoms with Gasteiger partial charge in [0.2, 0.25) is 5.91 Å². The van der Waals surface area contributed by atoms with E-state index in [0.717, 1.165) is 28.2 Å². The third-order valence-corrected chi connectivity index (χ3v) is 5.86. The molecule has 3 aromatic rings. The van der Waals surface area contributed by atoms with Gasteiger partial charge in [0.15, 0.2) is 0 Å². The fourth-order valence-electron chi connectivity index (χ4n) is 2.91. The summed E-state index contributed by atoms with van der Waals surface area (Å²) in [4.78, 5) is 21.8. The number of carbonyl (C=O) groups excluding carboxylic acids is 1. The van der Waals surface area contributed by atoms with Crippen molar-refractivity contribution in [3.8, 4) is 0 Å². The predicted octanol–water partition coefficient (Wildman–Crippen LogP) is 4.87. The van der Waals surface area contributed by atoms with E-state index in [1.54, 1.807) is 11.8 Å². The molecule has 2 atom stereocenters. The Morgan fingerprint density at radius 3 is 2.65 bits per heavy atom. The number of rotatable bonds is 7. The molecule has 3 rings (SSSR count). The number of hydrogen-bond donors (Lipinski definition) is 2. The zero-order chi connectivity index (χ0) is 18.5. The molecule has 1 aromatic heterocycles. The first-order valence-electron chi connectivity index (χ1n) is 9.01. The summed E-state index contributed by atoms with van der Waals surface area (Å²) < 4.78 is 0. The lowest BCUT2D eigenvalue weighted by molar-refractivity contribution is -0.119. The summed E-state index contributed by atoms with van der Waals surface area (Å²) in [5.41, 5.74) is 3.12. The van der Waals surface area contributed by atoms with E-state index >= 15 is 0 Å². The molecule has 0 spiro atoms. The van der Waals surface area contributed by atoms with Crippen molar-refractivity contribution in [1.82, 2.24) is 15.3 Å². The summed E-state index contributed by atoms with van der Waals surface area (Å²) in [6.45, 7) is 6.35. The second-order valence-electron chi connectivity index (χ2n) is 6.62. The van der Waals surface area contributed by atoms with Crippen molar-refractivity contribution in [2.45, 2.75) is 38.1 Å². The third kappa shape index (κ3) is 4.28. The molecule has 2 N–H and O–H groups in total. The van der Waals surface area contributed by atoms with Gasteiger partial charge in [-0.25, -0.2) is 4.98 Å². The van der Waals surface area contributed by atoms with Crippen LogP contribution in [-0.4, -0.2) is 21.6 Å². The minimum atomic E-state index is -0.114. The molecule has 0 aliphatic rings. The SMILES string of the molecule is CC[C@H](C)[C@H](NC(=O)CSc1ccccc1C)c1nc2ccccc2[nH]1. The standard InChI is InChI=1S/C21H25N3OS/c1-4-14(2)20(21-22-16-10-6-7-11-17(16)23-21)24-19(25)13-26-18-12-8-5-9-15(18)3/h5-12,14,20H,4,13H2,1-3H3,(H,22,23)(H,24,25)/t14-,20-/m0/s1. The largest absolute Gasteiger partial charge is 0.345 e. The number of nitrogens with one attached hydrogen (secondary N) is 2. The zero-order valence-corrected chi connectivity index (χ0v) is 16.3. The van der Waals surface area contributed by atoms with Crippen LogP contribution in [0.2, 0.25) is 0 Å². The van der Waals surface area contributed by atoms with Crippen molar-refractivity contribution in [3.05, 3.63) is 59.9 Å². The normalized spacial score (nSPS) is 13.5. The highest BCUT2D eigenvalue weighted by Gasteiger charge is 2.23. The first-order valence-corrected chi connectivity index (χ1v) is 9.99. The maximum absolute atomic E-state index is 12.6. The minimum absolute atomic E-state index is 0.0315. The summed E-state index contributed by atoms with van der Waals surface area (Å²) >= 11 is 1.57. The lowest BCUT2D eigenvalue weighted by Gasteiger charge is -2.22. The average molecular weight is 368 g/mol. The van der Waals surface area contributed by atoms with E-state index < -0.39 is 0 Å². The fourth-order valence-corrected chi connectivity index (χ4v) is 3.75. The molecule has 1 heterocycles. The first kappa shape index (κ1) is 18.5. The van der Waals surface area contributed by atoms with E-state index in [1.807, 2.05) is 36.4 Å². The lowest BCUT2D eigenvalue weighted by atomic mass is 9.98. The molecule has 0 saturated carbocycles. The van der Waals surface area contributed by atoms with Gasteiger partial charge in [0, 0.05) is 4.90 Å². The van der Waals surface area contributed by atoms with Crippen LogP contribution < -0.4 is 5.32 Å². The highest BCUT2D eigenvalue weighted by atomic mass is 32.2. The van der Waals surface area contributed by atoms with Crippen LogP contribution in [0.15, 0.2) is 53.4 Å². The van der Waals surface area contributed by atoms with Crippen LogP contribution in [0.5, 0.6) is 0 Å². The molecule has 0 saturated heterocycles. The van der Waals surface area contributed by atoms with Gasteiger partial charge >= 0.3 is 0 Å². The topological polar surface area (TPSA) is 57.8 Å². The maximum atomic E-state index is 12.6. The number of H-pyrrole nitrogens is 1. The van der Waals surface area contributed by atoms with Crippen molar-refractivity contribution in [1.29, 1.82) is 0 Å². The summed E-state index contributed by atoms with van der Waals surface area (Å²) in [5.74, 6) is 1.56. The Labute approximate surface area is 158 Å². The van der Waals surface area contributed by atoms with E-state index in [4.69, 9.17) is 4.98 Å². The van der Waals surface area contributed by atoms with Crippen molar-refractivity contribution in [2.24, 2.45) is 5.92 Å². The first-order chi connectivity index (χ1) is 12.6. The van der Waals surface area contributed by atoms with Gasteiger partial charge in [-0.2, -0.15) is 0 Å². The van der Waals surface area contributed by atoms with E-state index in [-0.39, 0.29) is 11.9 Å². The highest BCUT2D eigenvalue weighted by Crippen LogP contribution is 2.26. The third-order valence-electron chi connectivity index (χ3n) is 4.68. The number of benzene rings is 2. The molecule has 26 heavy (non-hydrogen) atoms. The summed E-state index contributed by atoms with van der Waals surface area (Å²) in [6, 6.07) is 16.0. The van der Waals surface area contributed by atoms with Gasteiger partial charge in [0.25, 0.3) is 0 Å². The number of aryl methyl sites for hydroxylation is 1. The maximum Gasteiger partial charge on any atom is 0.230 e. The average Bonchev–Trinajstić information content (AvgIpc) is 3.08. The van der Waals surface area contributed by atoms with E-state index in [2.05, 4.69) is 43.2 Å². The number of hydrogen-bond acceptors (Lipinski definition) is 3. The Morgan fingerprint density at radius 2 is 1.92 bits per heavy atom. The van der Waals surface area contributed by atoms with Crippen LogP contribution >= 0.6 is 11.8 Å². The highest BCUT2D eigenvalue weighted by molar-refractivity contribution is 8.00. The molecular weight excluding hydrogens is 342 g/mol. The molecule has 0 aliphatic heterocycles. The van der Waals surface area contributed by atoms with Crippen LogP contribution in [0.25, 0.3) is 11.0 Å². The van der Waals surface area contributed by atoms with Crippen molar-refractivity contribution in [3.63, 3.8) is 0 Å². The van der Waals surface area contributed by atoms with Gasteiger partial charge in [-0.05, 0) is 36.6 Å². The van der Waals surface area contributed by atoms with Gasteiger partial charge in [0.1, 0.15) is 5.82 Å². The molecule has 0 unspecified atom stereocenters. The smallest absolute Gasteiger partial charge is 0.230 e. The van der Waals surface area contributed by atoms with Crippen molar-refractivity contribution in [2.75, 3.05) is 5.75 Å². The van der Waals surface area contributed by atoms with Crippen LogP contribution in [0.4, 0.5) is 0 Å². The van der Waals surface area contributed by atoms with Gasteiger partial charge in [-0.3, -0.25) is 4.79 Å². The van der Waals surface area contributed by atoms with Crippen molar-refractivity contribution < 1.29 is 4.79 Å². The predicted molar refractivity (Wildman–Crippen MR) is 108 cm³/mol. The molecule has 1 amide bonds. The number of aromatic nitrogens is 2. The van der Waals surface area contributed by atoms with Crippen LogP contribution in [0.3, 0.4) is 0 Å². The molecule has 136 valence electrons. The van der Waals surface area contributed by atoms with Gasteiger partial charge in [0.05, 0.1) is 22.8 Å². The molecule has 4 nitrogen and oxygen atoms in total. The quantitative estimate of drug-likeness (QED) is 0.586. The monoisotopic (exact) mass is 367 g/mol. The van der Waals surface area contributed by atoms with Crippen LogP contribution in [0, 0.1) is 12.8 Å². The second-order valence-corrected chi connectivity index (χ2v) is 7.64. The van der Waals surface area contributed by atoms with Gasteiger partial charge < -0.3 is 10.3 Å². The fraction of sp³-hybridized carbons (Fsp3) is 0.333. The van der Waals surface area contributed by atoms with Gasteiger partial charge in [-0.15, -0.1) is 11.8 Å². The lowest BCUT2D eigenvalue weighted by Crippen LogP contribution is -2.34. The Morgan fingerprint density at radius 1 is 1.19 bits per heavy atom. The number of fused-ring (bicyclic) bond motifs is 1. The minimum Gasteiger partial charge on any atom is -0.345 e. The molecule has 0 bridgehead atoms. The van der Waals surface area contributed by atoms with E-state index in [9.17, 15) is 4.79 Å². The number of carbonyl (C=O) groups is 1. The number of imidazole rings is 1.